The predicted molar refractivity (Wildman–Crippen MR) is 69.6 cm³/mol. The van der Waals surface area contributed by atoms with E-state index in [1.807, 2.05) is 0 Å². The van der Waals surface area contributed by atoms with E-state index in [9.17, 15) is 17.1 Å². The Hall–Kier alpha value is -0.920. The zero-order chi connectivity index (χ0) is 14.2. The van der Waals surface area contributed by atoms with Crippen molar-refractivity contribution in [3.8, 4) is 0 Å². The van der Waals surface area contributed by atoms with Crippen molar-refractivity contribution < 1.29 is 17.1 Å². The average Bonchev–Trinajstić information content (AvgIpc) is 2.56. The van der Waals surface area contributed by atoms with Crippen LogP contribution in [0.4, 0.5) is 9.57 Å². The van der Waals surface area contributed by atoms with Crippen molar-refractivity contribution in [2.45, 2.75) is 6.42 Å². The number of halogens is 3. The standard InChI is InChI=1S/C10H9Cl2FN2O3S/c11-7-2-14-3-8(12)10(7)15-4-6(1-9(15)16)5-19(13,17)18/h2-3,6H,1,4-5H2. The van der Waals surface area contributed by atoms with Crippen LogP contribution in [0.5, 0.6) is 0 Å². The Morgan fingerprint density at radius 1 is 1.37 bits per heavy atom. The molecule has 1 unspecified atom stereocenters. The van der Waals surface area contributed by atoms with Crippen molar-refractivity contribution in [3.63, 3.8) is 0 Å². The van der Waals surface area contributed by atoms with Crippen LogP contribution in [0.3, 0.4) is 0 Å². The van der Waals surface area contributed by atoms with Crippen molar-refractivity contribution in [1.29, 1.82) is 0 Å². The van der Waals surface area contributed by atoms with Gasteiger partial charge in [0, 0.05) is 31.3 Å². The number of anilines is 1. The van der Waals surface area contributed by atoms with Crippen LogP contribution < -0.4 is 4.90 Å². The van der Waals surface area contributed by atoms with E-state index >= 15 is 0 Å². The van der Waals surface area contributed by atoms with Crippen LogP contribution in [-0.2, 0) is 15.0 Å². The topological polar surface area (TPSA) is 67.3 Å². The van der Waals surface area contributed by atoms with Crippen LogP contribution in [0.15, 0.2) is 12.4 Å². The van der Waals surface area contributed by atoms with E-state index in [-0.39, 0.29) is 34.6 Å². The van der Waals surface area contributed by atoms with Crippen LogP contribution in [0, 0.1) is 5.92 Å². The lowest BCUT2D eigenvalue weighted by atomic mass is 10.1. The second kappa shape index (κ2) is 5.22. The monoisotopic (exact) mass is 326 g/mol. The lowest BCUT2D eigenvalue weighted by molar-refractivity contribution is -0.117. The average molecular weight is 327 g/mol. The summed E-state index contributed by atoms with van der Waals surface area (Å²) in [4.78, 5) is 16.9. The van der Waals surface area contributed by atoms with E-state index in [0.717, 1.165) is 0 Å². The van der Waals surface area contributed by atoms with Gasteiger partial charge < -0.3 is 4.90 Å². The van der Waals surface area contributed by atoms with Gasteiger partial charge in [-0.15, -0.1) is 3.89 Å². The maximum absolute atomic E-state index is 12.6. The number of rotatable bonds is 3. The molecule has 5 nitrogen and oxygen atoms in total. The molecule has 1 atom stereocenters. The van der Waals surface area contributed by atoms with Crippen molar-refractivity contribution in [1.82, 2.24) is 4.98 Å². The summed E-state index contributed by atoms with van der Waals surface area (Å²) in [6, 6.07) is 0. The highest BCUT2D eigenvalue weighted by Gasteiger charge is 2.35. The molecule has 19 heavy (non-hydrogen) atoms. The van der Waals surface area contributed by atoms with Gasteiger partial charge in [-0.05, 0) is 0 Å². The molecule has 1 saturated heterocycles. The number of hydrogen-bond acceptors (Lipinski definition) is 4. The first-order valence-corrected chi connectivity index (χ1v) is 7.60. The third-order valence-corrected chi connectivity index (χ3v) is 4.16. The molecular formula is C10H9Cl2FN2O3S. The molecule has 0 N–H and O–H groups in total. The van der Waals surface area contributed by atoms with Crippen molar-refractivity contribution in [3.05, 3.63) is 22.4 Å². The molecule has 0 spiro atoms. The van der Waals surface area contributed by atoms with Crippen LogP contribution in [0.1, 0.15) is 6.42 Å². The highest BCUT2D eigenvalue weighted by atomic mass is 35.5. The van der Waals surface area contributed by atoms with Crippen LogP contribution in [-0.4, -0.2) is 31.6 Å². The first-order valence-electron chi connectivity index (χ1n) is 5.29. The third-order valence-electron chi connectivity index (χ3n) is 2.74. The van der Waals surface area contributed by atoms with E-state index in [1.165, 1.54) is 17.3 Å². The summed E-state index contributed by atoms with van der Waals surface area (Å²) in [7, 11) is -4.61. The number of carbonyl (C=O) groups excluding carboxylic acids is 1. The highest BCUT2D eigenvalue weighted by molar-refractivity contribution is 7.86. The molecule has 1 amide bonds. The van der Waals surface area contributed by atoms with Crippen LogP contribution in [0.25, 0.3) is 0 Å². The first-order chi connectivity index (χ1) is 8.78. The summed E-state index contributed by atoms with van der Waals surface area (Å²) >= 11 is 11.8. The predicted octanol–water partition coefficient (Wildman–Crippen LogP) is 2.04. The van der Waals surface area contributed by atoms with E-state index in [2.05, 4.69) is 4.98 Å². The van der Waals surface area contributed by atoms with Gasteiger partial charge >= 0.3 is 10.2 Å². The molecule has 104 valence electrons. The largest absolute Gasteiger partial charge is 0.309 e. The Morgan fingerprint density at radius 3 is 2.47 bits per heavy atom. The summed E-state index contributed by atoms with van der Waals surface area (Å²) < 4.78 is 33.9. The maximum Gasteiger partial charge on any atom is 0.302 e. The van der Waals surface area contributed by atoms with Gasteiger partial charge in [0.2, 0.25) is 5.91 Å². The number of pyridine rings is 1. The fraction of sp³-hybridized carbons (Fsp3) is 0.400. The zero-order valence-electron chi connectivity index (χ0n) is 9.51. The number of carbonyl (C=O) groups is 1. The molecule has 0 aromatic carbocycles. The molecule has 2 rings (SSSR count). The van der Waals surface area contributed by atoms with Gasteiger partial charge in [0.1, 0.15) is 0 Å². The minimum Gasteiger partial charge on any atom is -0.309 e. The summed E-state index contributed by atoms with van der Waals surface area (Å²) in [6.07, 6.45) is 2.60. The van der Waals surface area contributed by atoms with Gasteiger partial charge in [-0.2, -0.15) is 8.42 Å². The third kappa shape index (κ3) is 3.34. The maximum atomic E-state index is 12.6. The minimum atomic E-state index is -4.61. The van der Waals surface area contributed by atoms with Crippen molar-refractivity contribution in [2.24, 2.45) is 5.92 Å². The fourth-order valence-electron chi connectivity index (χ4n) is 2.05. The Bertz CT molecular complexity index is 603. The number of amides is 1. The highest BCUT2D eigenvalue weighted by Crippen LogP contribution is 2.36. The minimum absolute atomic E-state index is 0.0574. The molecule has 0 bridgehead atoms. The van der Waals surface area contributed by atoms with Gasteiger partial charge in [0.15, 0.2) is 0 Å². The second-order valence-corrected chi connectivity index (χ2v) is 6.46. The quantitative estimate of drug-likeness (QED) is 0.797. The summed E-state index contributed by atoms with van der Waals surface area (Å²) in [5, 5.41) is 0.370. The smallest absolute Gasteiger partial charge is 0.302 e. The fourth-order valence-corrected chi connectivity index (χ4v) is 3.41. The molecule has 9 heteroatoms. The molecule has 1 aromatic rings. The van der Waals surface area contributed by atoms with Crippen molar-refractivity contribution >= 4 is 45.0 Å². The second-order valence-electron chi connectivity index (χ2n) is 4.23. The molecule has 0 aliphatic carbocycles. The SMILES string of the molecule is O=C1CC(CS(=O)(=O)F)CN1c1c(Cl)cncc1Cl. The number of nitrogens with zero attached hydrogens (tertiary/aromatic N) is 2. The van der Waals surface area contributed by atoms with Gasteiger partial charge in [0.25, 0.3) is 0 Å². The first kappa shape index (κ1) is 14.5. The van der Waals surface area contributed by atoms with Gasteiger partial charge in [0.05, 0.1) is 21.5 Å². The molecule has 0 radical (unpaired) electrons. The van der Waals surface area contributed by atoms with Gasteiger partial charge in [-0.1, -0.05) is 23.2 Å². The van der Waals surface area contributed by atoms with Crippen molar-refractivity contribution in [2.75, 3.05) is 17.2 Å². The zero-order valence-corrected chi connectivity index (χ0v) is 11.8. The number of hydrogen-bond donors (Lipinski definition) is 0. The Labute approximate surface area is 119 Å². The Morgan fingerprint density at radius 2 is 1.95 bits per heavy atom. The molecular weight excluding hydrogens is 318 g/mol. The van der Waals surface area contributed by atoms with Crippen LogP contribution in [0.2, 0.25) is 10.0 Å². The summed E-state index contributed by atoms with van der Waals surface area (Å²) in [5.74, 6) is -1.64. The lowest BCUT2D eigenvalue weighted by Gasteiger charge is -2.18. The van der Waals surface area contributed by atoms with Gasteiger partial charge in [-0.25, -0.2) is 0 Å². The lowest BCUT2D eigenvalue weighted by Crippen LogP contribution is -2.26. The molecule has 1 aliphatic rings. The summed E-state index contributed by atoms with van der Waals surface area (Å²) in [5.41, 5.74) is 0.280. The molecule has 1 aliphatic heterocycles. The van der Waals surface area contributed by atoms with E-state index in [1.54, 1.807) is 0 Å². The summed E-state index contributed by atoms with van der Waals surface area (Å²) in [6.45, 7) is 0.0609. The normalized spacial score (nSPS) is 20.1. The Kier molecular flexibility index (Phi) is 3.98. The Balaban J connectivity index is 2.26. The van der Waals surface area contributed by atoms with E-state index < -0.39 is 21.9 Å². The molecule has 0 saturated carbocycles. The molecule has 1 aromatic heterocycles. The molecule has 2 heterocycles. The van der Waals surface area contributed by atoms with Crippen LogP contribution >= 0.6 is 23.2 Å². The number of aromatic nitrogens is 1. The molecule has 1 fully saturated rings. The van der Waals surface area contributed by atoms with Gasteiger partial charge in [-0.3, -0.25) is 9.78 Å². The van der Waals surface area contributed by atoms with E-state index in [4.69, 9.17) is 23.2 Å². The van der Waals surface area contributed by atoms with E-state index in [0.29, 0.717) is 0 Å².